The highest BCUT2D eigenvalue weighted by molar-refractivity contribution is 7.89. The van der Waals surface area contributed by atoms with E-state index in [1.807, 2.05) is 6.92 Å². The van der Waals surface area contributed by atoms with Crippen molar-refractivity contribution in [2.24, 2.45) is 0 Å². The Morgan fingerprint density at radius 3 is 2.76 bits per heavy atom. The van der Waals surface area contributed by atoms with Gasteiger partial charge in [-0.25, -0.2) is 17.5 Å². The highest BCUT2D eigenvalue weighted by atomic mass is 32.2. The SMILES string of the molecule is CCNCc1ccc(S(=O)(=O)NCc2ncon2)c(F)c1. The molecule has 0 unspecified atom stereocenters. The van der Waals surface area contributed by atoms with E-state index < -0.39 is 20.7 Å². The summed E-state index contributed by atoms with van der Waals surface area (Å²) in [5, 5.41) is 6.50. The highest BCUT2D eigenvalue weighted by Crippen LogP contribution is 2.16. The summed E-state index contributed by atoms with van der Waals surface area (Å²) in [6.45, 7) is 2.98. The lowest BCUT2D eigenvalue weighted by Gasteiger charge is -2.08. The number of halogens is 1. The summed E-state index contributed by atoms with van der Waals surface area (Å²) >= 11 is 0. The predicted molar refractivity (Wildman–Crippen MR) is 72.1 cm³/mol. The van der Waals surface area contributed by atoms with E-state index in [0.717, 1.165) is 12.9 Å². The summed E-state index contributed by atoms with van der Waals surface area (Å²) < 4.78 is 44.7. The predicted octanol–water partition coefficient (Wildman–Crippen LogP) is 0.797. The highest BCUT2D eigenvalue weighted by Gasteiger charge is 2.19. The van der Waals surface area contributed by atoms with Crippen LogP contribution >= 0.6 is 0 Å². The van der Waals surface area contributed by atoms with Gasteiger partial charge in [-0.2, -0.15) is 4.98 Å². The zero-order valence-corrected chi connectivity index (χ0v) is 12.2. The molecule has 114 valence electrons. The van der Waals surface area contributed by atoms with Crippen LogP contribution < -0.4 is 10.0 Å². The first-order valence-corrected chi connectivity index (χ1v) is 7.75. The molecular formula is C12H15FN4O3S. The molecular weight excluding hydrogens is 299 g/mol. The van der Waals surface area contributed by atoms with Crippen LogP contribution in [0, 0.1) is 5.82 Å². The fourth-order valence-corrected chi connectivity index (χ4v) is 2.69. The number of nitrogens with zero attached hydrogens (tertiary/aromatic N) is 2. The Morgan fingerprint density at radius 1 is 1.33 bits per heavy atom. The van der Waals surface area contributed by atoms with Crippen LogP contribution in [0.25, 0.3) is 0 Å². The van der Waals surface area contributed by atoms with E-state index in [9.17, 15) is 12.8 Å². The van der Waals surface area contributed by atoms with Gasteiger partial charge in [0, 0.05) is 6.54 Å². The van der Waals surface area contributed by atoms with Crippen LogP contribution in [-0.4, -0.2) is 25.1 Å². The Balaban J connectivity index is 2.12. The normalized spacial score (nSPS) is 11.7. The average molecular weight is 314 g/mol. The third-order valence-corrected chi connectivity index (χ3v) is 4.13. The molecule has 0 aliphatic rings. The maximum atomic E-state index is 13.9. The lowest BCUT2D eigenvalue weighted by Crippen LogP contribution is -2.25. The van der Waals surface area contributed by atoms with Gasteiger partial charge in [-0.15, -0.1) is 0 Å². The molecule has 0 radical (unpaired) electrons. The molecule has 0 aliphatic heterocycles. The zero-order valence-electron chi connectivity index (χ0n) is 11.3. The van der Waals surface area contributed by atoms with Crippen molar-refractivity contribution in [3.8, 4) is 0 Å². The van der Waals surface area contributed by atoms with Gasteiger partial charge in [0.05, 0.1) is 6.54 Å². The molecule has 1 aromatic carbocycles. The standard InChI is InChI=1S/C12H15FN4O3S/c1-2-14-6-9-3-4-11(10(13)5-9)21(18,19)16-7-12-15-8-20-17-12/h3-5,8,14,16H,2,6-7H2,1H3. The Kier molecular flexibility index (Phi) is 4.99. The Labute approximate surface area is 121 Å². The quantitative estimate of drug-likeness (QED) is 0.784. The van der Waals surface area contributed by atoms with E-state index in [0.29, 0.717) is 12.1 Å². The van der Waals surface area contributed by atoms with Crippen LogP contribution in [0.5, 0.6) is 0 Å². The van der Waals surface area contributed by atoms with Gasteiger partial charge >= 0.3 is 0 Å². The van der Waals surface area contributed by atoms with Gasteiger partial charge in [0.2, 0.25) is 16.4 Å². The van der Waals surface area contributed by atoms with Crippen molar-refractivity contribution >= 4 is 10.0 Å². The van der Waals surface area contributed by atoms with Crippen molar-refractivity contribution in [1.29, 1.82) is 0 Å². The summed E-state index contributed by atoms with van der Waals surface area (Å²) in [4.78, 5) is 3.27. The fourth-order valence-electron chi connectivity index (χ4n) is 1.65. The molecule has 0 fully saturated rings. The second-order valence-electron chi connectivity index (χ2n) is 4.22. The molecule has 0 atom stereocenters. The molecule has 2 N–H and O–H groups in total. The lowest BCUT2D eigenvalue weighted by molar-refractivity contribution is 0.409. The largest absolute Gasteiger partial charge is 0.343 e. The van der Waals surface area contributed by atoms with Crippen LogP contribution in [0.2, 0.25) is 0 Å². The molecule has 21 heavy (non-hydrogen) atoms. The second kappa shape index (κ2) is 6.74. The monoisotopic (exact) mass is 314 g/mol. The zero-order chi connectivity index (χ0) is 15.3. The molecule has 0 saturated carbocycles. The van der Waals surface area contributed by atoms with Crippen molar-refractivity contribution in [3.63, 3.8) is 0 Å². The van der Waals surface area contributed by atoms with Crippen LogP contribution in [0.15, 0.2) is 34.0 Å². The van der Waals surface area contributed by atoms with E-state index in [1.165, 1.54) is 12.1 Å². The third kappa shape index (κ3) is 4.06. The summed E-state index contributed by atoms with van der Waals surface area (Å²) in [7, 11) is -3.97. The van der Waals surface area contributed by atoms with Crippen molar-refractivity contribution in [3.05, 3.63) is 41.8 Å². The molecule has 2 aromatic rings. The van der Waals surface area contributed by atoms with Crippen molar-refractivity contribution in [2.75, 3.05) is 6.54 Å². The molecule has 0 saturated heterocycles. The molecule has 0 bridgehead atoms. The smallest absolute Gasteiger partial charge is 0.243 e. The summed E-state index contributed by atoms with van der Waals surface area (Å²) in [5.74, 6) is -0.631. The van der Waals surface area contributed by atoms with Crippen molar-refractivity contribution in [2.45, 2.75) is 24.9 Å². The Bertz CT molecular complexity index is 689. The number of hydrogen-bond donors (Lipinski definition) is 2. The number of hydrogen-bond acceptors (Lipinski definition) is 6. The Hall–Kier alpha value is -1.84. The van der Waals surface area contributed by atoms with Gasteiger partial charge < -0.3 is 9.84 Å². The first-order valence-electron chi connectivity index (χ1n) is 6.27. The van der Waals surface area contributed by atoms with E-state index in [1.54, 1.807) is 6.07 Å². The number of nitrogens with one attached hydrogen (secondary N) is 2. The van der Waals surface area contributed by atoms with Crippen LogP contribution in [0.4, 0.5) is 4.39 Å². The van der Waals surface area contributed by atoms with E-state index in [4.69, 9.17) is 0 Å². The van der Waals surface area contributed by atoms with Gasteiger partial charge in [0.1, 0.15) is 10.7 Å². The summed E-state index contributed by atoms with van der Waals surface area (Å²) in [5.41, 5.74) is 0.673. The minimum atomic E-state index is -3.97. The average Bonchev–Trinajstić information content (AvgIpc) is 2.96. The first kappa shape index (κ1) is 15.5. The molecule has 9 heteroatoms. The maximum absolute atomic E-state index is 13.9. The molecule has 2 rings (SSSR count). The van der Waals surface area contributed by atoms with Gasteiger partial charge in [0.15, 0.2) is 5.82 Å². The fraction of sp³-hybridized carbons (Fsp3) is 0.333. The Morgan fingerprint density at radius 2 is 2.14 bits per heavy atom. The van der Waals surface area contributed by atoms with E-state index in [2.05, 4.69) is 24.7 Å². The number of benzene rings is 1. The van der Waals surface area contributed by atoms with Crippen molar-refractivity contribution < 1.29 is 17.3 Å². The van der Waals surface area contributed by atoms with E-state index in [-0.39, 0.29) is 12.4 Å². The molecule has 1 heterocycles. The van der Waals surface area contributed by atoms with Crippen molar-refractivity contribution in [1.82, 2.24) is 20.2 Å². The number of sulfonamides is 1. The van der Waals surface area contributed by atoms with Gasteiger partial charge in [-0.05, 0) is 24.2 Å². The van der Waals surface area contributed by atoms with Crippen LogP contribution in [-0.2, 0) is 23.1 Å². The minimum Gasteiger partial charge on any atom is -0.343 e. The minimum absolute atomic E-state index is 0.169. The molecule has 1 aromatic heterocycles. The maximum Gasteiger partial charge on any atom is 0.243 e. The van der Waals surface area contributed by atoms with Gasteiger partial charge in [0.25, 0.3) is 0 Å². The molecule has 0 aliphatic carbocycles. The van der Waals surface area contributed by atoms with E-state index >= 15 is 0 Å². The molecule has 0 amide bonds. The summed E-state index contributed by atoms with van der Waals surface area (Å²) in [6, 6.07) is 4.00. The first-order chi connectivity index (χ1) is 10.0. The summed E-state index contributed by atoms with van der Waals surface area (Å²) in [6.07, 6.45) is 1.08. The lowest BCUT2D eigenvalue weighted by atomic mass is 10.2. The molecule has 0 spiro atoms. The van der Waals surface area contributed by atoms with Gasteiger partial charge in [-0.1, -0.05) is 18.1 Å². The number of rotatable bonds is 7. The third-order valence-electron chi connectivity index (χ3n) is 2.69. The van der Waals surface area contributed by atoms with Gasteiger partial charge in [-0.3, -0.25) is 0 Å². The van der Waals surface area contributed by atoms with Crippen LogP contribution in [0.1, 0.15) is 18.3 Å². The number of aromatic nitrogens is 2. The second-order valence-corrected chi connectivity index (χ2v) is 5.95. The topological polar surface area (TPSA) is 97.1 Å². The van der Waals surface area contributed by atoms with Crippen LogP contribution in [0.3, 0.4) is 0 Å². The molecule has 7 nitrogen and oxygen atoms in total.